The molecule has 1 atom stereocenters. The molecule has 0 bridgehead atoms. The molecule has 0 saturated heterocycles. The van der Waals surface area contributed by atoms with Gasteiger partial charge in [-0.25, -0.2) is 4.98 Å². The monoisotopic (exact) mass is 457 g/mol. The molecule has 1 aromatic heterocycles. The van der Waals surface area contributed by atoms with Gasteiger partial charge in [-0.15, -0.1) is 0 Å². The molecule has 4 rings (SSSR count). The third-order valence-electron chi connectivity index (χ3n) is 5.75. The van der Waals surface area contributed by atoms with Gasteiger partial charge in [-0.1, -0.05) is 6.07 Å². The lowest BCUT2D eigenvalue weighted by atomic mass is 10.1. The molecule has 0 saturated carbocycles. The number of aldehydes is 1. The van der Waals surface area contributed by atoms with Crippen molar-refractivity contribution in [3.8, 4) is 0 Å². The van der Waals surface area contributed by atoms with Crippen molar-refractivity contribution in [2.24, 2.45) is 5.73 Å². The number of amides is 1. The van der Waals surface area contributed by atoms with E-state index in [9.17, 15) is 9.59 Å². The molecule has 1 aliphatic heterocycles. The summed E-state index contributed by atoms with van der Waals surface area (Å²) in [5.41, 5.74) is 9.49. The fourth-order valence-corrected chi connectivity index (χ4v) is 3.88. The summed E-state index contributed by atoms with van der Waals surface area (Å²) >= 11 is 0. The molecule has 2 aromatic carbocycles. The number of pyridine rings is 1. The Labute approximate surface area is 198 Å². The maximum Gasteiger partial charge on any atom is 0.259 e. The minimum atomic E-state index is -0.208. The lowest BCUT2D eigenvalue weighted by Gasteiger charge is -2.23. The number of likely N-dealkylation sites (N-methyl/N-ethyl adjacent to an activating group) is 1. The summed E-state index contributed by atoms with van der Waals surface area (Å²) in [6, 6.07) is 18.3. The number of hydrogen-bond donors (Lipinski definition) is 4. The minimum Gasteiger partial charge on any atom is -0.384 e. The number of nitrogens with zero attached hydrogens (tertiary/aromatic N) is 3. The molecule has 0 spiro atoms. The number of nitrogens with one attached hydrogen (secondary N) is 3. The molecular formula is C25H27N7O2. The minimum absolute atomic E-state index is 0.0187. The van der Waals surface area contributed by atoms with E-state index in [2.05, 4.69) is 20.5 Å². The number of hydrogen-bond acceptors (Lipinski definition) is 7. The van der Waals surface area contributed by atoms with Crippen molar-refractivity contribution >= 4 is 40.9 Å². The summed E-state index contributed by atoms with van der Waals surface area (Å²) < 4.78 is 0. The summed E-state index contributed by atoms with van der Waals surface area (Å²) in [5, 5.41) is 14.3. The van der Waals surface area contributed by atoms with Crippen molar-refractivity contribution in [3.63, 3.8) is 0 Å². The number of rotatable bonds is 9. The predicted octanol–water partition coefficient (Wildman–Crippen LogP) is 2.90. The molecule has 1 aliphatic rings. The zero-order chi connectivity index (χ0) is 24.1. The second kappa shape index (κ2) is 10.0. The van der Waals surface area contributed by atoms with Crippen molar-refractivity contribution in [3.05, 3.63) is 78.0 Å². The average molecular weight is 458 g/mol. The quantitative estimate of drug-likeness (QED) is 0.221. The maximum atomic E-state index is 13.3. The van der Waals surface area contributed by atoms with Crippen molar-refractivity contribution in [2.45, 2.75) is 12.6 Å². The molecule has 1 amide bonds. The zero-order valence-corrected chi connectivity index (χ0v) is 18.9. The number of carbonyl (C=O) groups excluding carboxylic acids is 2. The number of carbonyl (C=O) groups is 2. The van der Waals surface area contributed by atoms with Crippen molar-refractivity contribution in [2.75, 3.05) is 40.6 Å². The molecule has 34 heavy (non-hydrogen) atoms. The van der Waals surface area contributed by atoms with Gasteiger partial charge in [0.25, 0.3) is 5.91 Å². The first-order chi connectivity index (χ1) is 16.5. The first-order valence-corrected chi connectivity index (χ1v) is 11.0. The number of benzene rings is 2. The second-order valence-corrected chi connectivity index (χ2v) is 7.97. The second-order valence-electron chi connectivity index (χ2n) is 7.97. The number of aromatic nitrogens is 1. The van der Waals surface area contributed by atoms with Crippen LogP contribution in [0.15, 0.2) is 66.9 Å². The van der Waals surface area contributed by atoms with E-state index < -0.39 is 0 Å². The Morgan fingerprint density at radius 2 is 1.97 bits per heavy atom. The van der Waals surface area contributed by atoms with E-state index in [1.165, 1.54) is 4.90 Å². The smallest absolute Gasteiger partial charge is 0.259 e. The van der Waals surface area contributed by atoms with Gasteiger partial charge in [0.15, 0.2) is 0 Å². The van der Waals surface area contributed by atoms with E-state index in [-0.39, 0.29) is 30.9 Å². The zero-order valence-electron chi connectivity index (χ0n) is 18.9. The van der Waals surface area contributed by atoms with Gasteiger partial charge >= 0.3 is 0 Å². The van der Waals surface area contributed by atoms with Gasteiger partial charge in [0.2, 0.25) is 0 Å². The van der Waals surface area contributed by atoms with Crippen LogP contribution in [0.5, 0.6) is 0 Å². The lowest BCUT2D eigenvalue weighted by molar-refractivity contribution is -0.107. The van der Waals surface area contributed by atoms with Crippen LogP contribution in [-0.2, 0) is 4.79 Å². The largest absolute Gasteiger partial charge is 0.384 e. The third kappa shape index (κ3) is 4.83. The molecule has 3 aromatic rings. The van der Waals surface area contributed by atoms with Gasteiger partial charge < -0.3 is 26.1 Å². The van der Waals surface area contributed by atoms with E-state index in [4.69, 9.17) is 11.1 Å². The summed E-state index contributed by atoms with van der Waals surface area (Å²) in [7, 11) is 2.00. The van der Waals surface area contributed by atoms with Gasteiger partial charge in [-0.3, -0.25) is 15.1 Å². The van der Waals surface area contributed by atoms with Crippen LogP contribution in [-0.4, -0.2) is 49.3 Å². The molecule has 5 N–H and O–H groups in total. The molecule has 0 aliphatic carbocycles. The Kier molecular flexibility index (Phi) is 6.72. The summed E-state index contributed by atoms with van der Waals surface area (Å²) in [6.45, 7) is 0.881. The Morgan fingerprint density at radius 1 is 1.21 bits per heavy atom. The molecule has 0 fully saturated rings. The van der Waals surface area contributed by atoms with Gasteiger partial charge in [-0.05, 0) is 54.6 Å². The van der Waals surface area contributed by atoms with Crippen LogP contribution in [0.3, 0.4) is 0 Å². The topological polar surface area (TPSA) is 127 Å². The molecular weight excluding hydrogens is 430 g/mol. The number of fused-ring (bicyclic) bond motifs is 1. The van der Waals surface area contributed by atoms with Crippen LogP contribution in [0.4, 0.5) is 22.9 Å². The number of amidine groups is 1. The highest BCUT2D eigenvalue weighted by Gasteiger charge is 2.27. The fraction of sp³-hybridized carbons (Fsp3) is 0.200. The van der Waals surface area contributed by atoms with Gasteiger partial charge in [-0.2, -0.15) is 0 Å². The SMILES string of the molecule is CN1c2ccc(C(=O)N(CCC=O)c3ccccn3)cc2NC1CNc1ccc(C(=N)N)cc1. The summed E-state index contributed by atoms with van der Waals surface area (Å²) in [4.78, 5) is 32.2. The normalized spacial score (nSPS) is 14.1. The van der Waals surface area contributed by atoms with Gasteiger partial charge in [0.05, 0.1) is 17.9 Å². The molecule has 2 heterocycles. The molecule has 9 nitrogen and oxygen atoms in total. The summed E-state index contributed by atoms with van der Waals surface area (Å²) in [5.74, 6) is 0.343. The first kappa shape index (κ1) is 22.8. The maximum absolute atomic E-state index is 13.3. The third-order valence-corrected chi connectivity index (χ3v) is 5.75. The van der Waals surface area contributed by atoms with Crippen LogP contribution >= 0.6 is 0 Å². The number of nitrogens with two attached hydrogens (primary N) is 1. The molecule has 174 valence electrons. The van der Waals surface area contributed by atoms with Gasteiger partial charge in [0, 0.05) is 43.0 Å². The van der Waals surface area contributed by atoms with Crippen molar-refractivity contribution < 1.29 is 9.59 Å². The van der Waals surface area contributed by atoms with Crippen LogP contribution in [0.25, 0.3) is 0 Å². The molecule has 0 radical (unpaired) electrons. The first-order valence-electron chi connectivity index (χ1n) is 11.0. The van der Waals surface area contributed by atoms with Crippen molar-refractivity contribution in [1.29, 1.82) is 5.41 Å². The van der Waals surface area contributed by atoms with Gasteiger partial charge in [0.1, 0.15) is 24.1 Å². The Hall–Kier alpha value is -4.40. The average Bonchev–Trinajstić information content (AvgIpc) is 3.18. The van der Waals surface area contributed by atoms with Crippen LogP contribution in [0.1, 0.15) is 22.3 Å². The number of nitrogen functional groups attached to an aromatic ring is 1. The molecule has 9 heteroatoms. The van der Waals surface area contributed by atoms with E-state index in [0.717, 1.165) is 23.3 Å². The van der Waals surface area contributed by atoms with Crippen LogP contribution < -0.4 is 26.2 Å². The standard InChI is InChI=1S/C25H27N7O2/c1-31-21-11-8-18(25(34)32(13-4-14-33)22-5-2-3-12-28-22)15-20(21)30-23(31)16-29-19-9-6-17(7-10-19)24(26)27/h2-3,5-12,14-15,23,29-30H,4,13,16H2,1H3,(H3,26,27). The highest BCUT2D eigenvalue weighted by atomic mass is 16.2. The van der Waals surface area contributed by atoms with E-state index in [1.807, 2.05) is 37.4 Å². The Balaban J connectivity index is 1.46. The highest BCUT2D eigenvalue weighted by molar-refractivity contribution is 6.07. The predicted molar refractivity (Wildman–Crippen MR) is 135 cm³/mol. The summed E-state index contributed by atoms with van der Waals surface area (Å²) in [6.07, 6.45) is 2.64. The Morgan fingerprint density at radius 3 is 2.65 bits per heavy atom. The van der Waals surface area contributed by atoms with Crippen LogP contribution in [0.2, 0.25) is 0 Å². The molecule has 1 unspecified atom stereocenters. The lowest BCUT2D eigenvalue weighted by Crippen LogP contribution is -2.38. The Bertz CT molecular complexity index is 1180. The van der Waals surface area contributed by atoms with Crippen molar-refractivity contribution in [1.82, 2.24) is 4.98 Å². The van der Waals surface area contributed by atoms with E-state index in [1.54, 1.807) is 36.5 Å². The van der Waals surface area contributed by atoms with Crippen LogP contribution in [0, 0.1) is 5.41 Å². The van der Waals surface area contributed by atoms with E-state index >= 15 is 0 Å². The highest BCUT2D eigenvalue weighted by Crippen LogP contribution is 2.34. The number of anilines is 4. The fourth-order valence-electron chi connectivity index (χ4n) is 3.88. The van der Waals surface area contributed by atoms with E-state index in [0.29, 0.717) is 23.5 Å².